The summed E-state index contributed by atoms with van der Waals surface area (Å²) in [5, 5.41) is 3.12. The summed E-state index contributed by atoms with van der Waals surface area (Å²) in [7, 11) is 0. The molecule has 0 aromatic carbocycles. The van der Waals surface area contributed by atoms with Crippen LogP contribution in [0.3, 0.4) is 0 Å². The van der Waals surface area contributed by atoms with E-state index < -0.39 is 0 Å². The summed E-state index contributed by atoms with van der Waals surface area (Å²) in [5.41, 5.74) is 5.59. The second-order valence-electron chi connectivity index (χ2n) is 5.26. The summed E-state index contributed by atoms with van der Waals surface area (Å²) >= 11 is 0. The van der Waals surface area contributed by atoms with Crippen LogP contribution in [0.4, 0.5) is 0 Å². The van der Waals surface area contributed by atoms with Gasteiger partial charge < -0.3 is 11.1 Å². The van der Waals surface area contributed by atoms with Gasteiger partial charge in [-0.15, -0.1) is 12.4 Å². The van der Waals surface area contributed by atoms with E-state index in [1.807, 2.05) is 0 Å². The van der Waals surface area contributed by atoms with Crippen LogP contribution >= 0.6 is 12.4 Å². The SMILES string of the molecule is CCC(C)(C)NC(=O)[C@@H]1CCC[C@@H]1CN.Cl. The van der Waals surface area contributed by atoms with Crippen molar-refractivity contribution in [2.24, 2.45) is 17.6 Å². The molecule has 3 N–H and O–H groups in total. The van der Waals surface area contributed by atoms with E-state index in [4.69, 9.17) is 5.73 Å². The van der Waals surface area contributed by atoms with E-state index in [1.165, 1.54) is 0 Å². The van der Waals surface area contributed by atoms with E-state index in [-0.39, 0.29) is 29.8 Å². The Hall–Kier alpha value is -0.280. The number of rotatable bonds is 4. The van der Waals surface area contributed by atoms with E-state index >= 15 is 0 Å². The van der Waals surface area contributed by atoms with Gasteiger partial charge >= 0.3 is 0 Å². The zero-order valence-corrected chi connectivity index (χ0v) is 11.4. The van der Waals surface area contributed by atoms with Gasteiger partial charge in [-0.3, -0.25) is 4.79 Å². The zero-order chi connectivity index (χ0) is 11.5. The first-order valence-corrected chi connectivity index (χ1v) is 6.02. The lowest BCUT2D eigenvalue weighted by atomic mass is 9.93. The minimum Gasteiger partial charge on any atom is -0.351 e. The molecule has 1 amide bonds. The topological polar surface area (TPSA) is 55.1 Å². The summed E-state index contributed by atoms with van der Waals surface area (Å²) in [6.07, 6.45) is 4.22. The van der Waals surface area contributed by atoms with Gasteiger partial charge in [-0.1, -0.05) is 13.3 Å². The van der Waals surface area contributed by atoms with Gasteiger partial charge in [0.2, 0.25) is 5.91 Å². The van der Waals surface area contributed by atoms with Crippen molar-refractivity contribution in [1.82, 2.24) is 5.32 Å². The highest BCUT2D eigenvalue weighted by Crippen LogP contribution is 2.31. The van der Waals surface area contributed by atoms with E-state index in [0.29, 0.717) is 12.5 Å². The highest BCUT2D eigenvalue weighted by molar-refractivity contribution is 5.85. The van der Waals surface area contributed by atoms with E-state index in [2.05, 4.69) is 26.1 Å². The summed E-state index contributed by atoms with van der Waals surface area (Å²) in [6.45, 7) is 6.87. The van der Waals surface area contributed by atoms with Gasteiger partial charge in [0.15, 0.2) is 0 Å². The minimum atomic E-state index is -0.0845. The molecule has 0 unspecified atom stereocenters. The first-order chi connectivity index (χ1) is 7.00. The van der Waals surface area contributed by atoms with Crippen LogP contribution in [0.5, 0.6) is 0 Å². The average Bonchev–Trinajstić information content (AvgIpc) is 2.64. The van der Waals surface area contributed by atoms with Crippen LogP contribution in [0.2, 0.25) is 0 Å². The summed E-state index contributed by atoms with van der Waals surface area (Å²) in [4.78, 5) is 12.0. The van der Waals surface area contributed by atoms with Crippen molar-refractivity contribution in [1.29, 1.82) is 0 Å². The molecule has 0 aromatic rings. The summed E-state index contributed by atoms with van der Waals surface area (Å²) in [6, 6.07) is 0. The molecule has 0 bridgehead atoms. The van der Waals surface area contributed by atoms with Crippen molar-refractivity contribution in [3.63, 3.8) is 0 Å². The fraction of sp³-hybridized carbons (Fsp3) is 0.917. The molecule has 1 aliphatic rings. The second-order valence-corrected chi connectivity index (χ2v) is 5.26. The van der Waals surface area contributed by atoms with Crippen molar-refractivity contribution in [3.05, 3.63) is 0 Å². The molecular formula is C12H25ClN2O. The van der Waals surface area contributed by atoms with Crippen LogP contribution in [-0.4, -0.2) is 18.0 Å². The Kier molecular flexibility index (Phi) is 6.34. The Morgan fingerprint density at radius 3 is 2.56 bits per heavy atom. The van der Waals surface area contributed by atoms with Gasteiger partial charge in [0.25, 0.3) is 0 Å². The summed E-state index contributed by atoms with van der Waals surface area (Å²) in [5.74, 6) is 0.758. The number of nitrogens with two attached hydrogens (primary N) is 1. The molecule has 2 atom stereocenters. The molecule has 0 radical (unpaired) electrons. The fourth-order valence-corrected chi connectivity index (χ4v) is 2.18. The van der Waals surface area contributed by atoms with Crippen molar-refractivity contribution < 1.29 is 4.79 Å². The van der Waals surface area contributed by atoms with Crippen LogP contribution in [0.15, 0.2) is 0 Å². The third-order valence-corrected chi connectivity index (χ3v) is 3.64. The quantitative estimate of drug-likeness (QED) is 0.801. The molecule has 1 aliphatic carbocycles. The number of carbonyl (C=O) groups is 1. The van der Waals surface area contributed by atoms with Crippen LogP contribution < -0.4 is 11.1 Å². The molecule has 1 saturated carbocycles. The molecule has 16 heavy (non-hydrogen) atoms. The lowest BCUT2D eigenvalue weighted by Gasteiger charge is -2.28. The number of halogens is 1. The molecule has 0 aromatic heterocycles. The Morgan fingerprint density at radius 1 is 1.44 bits per heavy atom. The van der Waals surface area contributed by atoms with Crippen LogP contribution in [-0.2, 0) is 4.79 Å². The third kappa shape index (κ3) is 3.95. The molecule has 1 rings (SSSR count). The Morgan fingerprint density at radius 2 is 2.06 bits per heavy atom. The van der Waals surface area contributed by atoms with Gasteiger partial charge in [0, 0.05) is 11.5 Å². The largest absolute Gasteiger partial charge is 0.351 e. The Labute approximate surface area is 105 Å². The number of hydrogen-bond acceptors (Lipinski definition) is 2. The maximum Gasteiger partial charge on any atom is 0.223 e. The van der Waals surface area contributed by atoms with Gasteiger partial charge in [-0.25, -0.2) is 0 Å². The van der Waals surface area contributed by atoms with Crippen LogP contribution in [0, 0.1) is 11.8 Å². The minimum absolute atomic E-state index is 0. The molecule has 0 spiro atoms. The third-order valence-electron chi connectivity index (χ3n) is 3.64. The van der Waals surface area contributed by atoms with Gasteiger partial charge in [0.05, 0.1) is 0 Å². The average molecular weight is 249 g/mol. The normalized spacial score (nSPS) is 25.0. The lowest BCUT2D eigenvalue weighted by Crippen LogP contribution is -2.46. The first kappa shape index (κ1) is 15.7. The fourth-order valence-electron chi connectivity index (χ4n) is 2.18. The highest BCUT2D eigenvalue weighted by atomic mass is 35.5. The maximum atomic E-state index is 12.0. The van der Waals surface area contributed by atoms with E-state index in [0.717, 1.165) is 25.7 Å². The van der Waals surface area contributed by atoms with Crippen LogP contribution in [0.1, 0.15) is 46.5 Å². The number of nitrogens with one attached hydrogen (secondary N) is 1. The molecule has 0 saturated heterocycles. The number of carbonyl (C=O) groups excluding carboxylic acids is 1. The standard InChI is InChI=1S/C12H24N2O.ClH/c1-4-12(2,3)14-11(15)10-7-5-6-9(10)8-13;/h9-10H,4-8,13H2,1-3H3,(H,14,15);1H/t9-,10-;/m1./s1. The number of amides is 1. The molecule has 0 aliphatic heterocycles. The van der Waals surface area contributed by atoms with Gasteiger partial charge in [0.1, 0.15) is 0 Å². The van der Waals surface area contributed by atoms with Crippen molar-refractivity contribution in [2.75, 3.05) is 6.54 Å². The highest BCUT2D eigenvalue weighted by Gasteiger charge is 2.33. The van der Waals surface area contributed by atoms with Crippen molar-refractivity contribution in [3.8, 4) is 0 Å². The predicted octanol–water partition coefficient (Wildman–Crippen LogP) is 2.09. The monoisotopic (exact) mass is 248 g/mol. The molecule has 3 nitrogen and oxygen atoms in total. The van der Waals surface area contributed by atoms with Gasteiger partial charge in [-0.05, 0) is 45.6 Å². The van der Waals surface area contributed by atoms with Crippen molar-refractivity contribution >= 4 is 18.3 Å². The molecule has 0 heterocycles. The summed E-state index contributed by atoms with van der Waals surface area (Å²) < 4.78 is 0. The zero-order valence-electron chi connectivity index (χ0n) is 10.6. The van der Waals surface area contributed by atoms with Crippen LogP contribution in [0.25, 0.3) is 0 Å². The number of hydrogen-bond donors (Lipinski definition) is 2. The second kappa shape index (κ2) is 6.45. The smallest absolute Gasteiger partial charge is 0.223 e. The Balaban J connectivity index is 0.00000225. The van der Waals surface area contributed by atoms with Crippen molar-refractivity contribution in [2.45, 2.75) is 52.0 Å². The predicted molar refractivity (Wildman–Crippen MR) is 69.6 cm³/mol. The first-order valence-electron chi connectivity index (χ1n) is 6.02. The Bertz CT molecular complexity index is 231. The lowest BCUT2D eigenvalue weighted by molar-refractivity contribution is -0.127. The van der Waals surface area contributed by atoms with Gasteiger partial charge in [-0.2, -0.15) is 0 Å². The maximum absolute atomic E-state index is 12.0. The molecule has 4 heteroatoms. The molecule has 96 valence electrons. The molecular weight excluding hydrogens is 224 g/mol. The van der Waals surface area contributed by atoms with E-state index in [1.54, 1.807) is 0 Å². The van der Waals surface area contributed by atoms with E-state index in [9.17, 15) is 4.79 Å². The molecule has 1 fully saturated rings.